The molecular formula is C11H13NO4. The van der Waals surface area contributed by atoms with E-state index >= 15 is 0 Å². The standard InChI is InChI=1S/C11H13NO4/c1-3-6-12-9(13)5-4-8-7(2)10(14)16-11(8)15/h3H,1,4-6H2,2H3,(H,12,13). The molecule has 1 amide bonds. The first-order chi connectivity index (χ1) is 7.56. The van der Waals surface area contributed by atoms with Crippen molar-refractivity contribution in [2.24, 2.45) is 0 Å². The van der Waals surface area contributed by atoms with Crippen molar-refractivity contribution in [2.45, 2.75) is 19.8 Å². The van der Waals surface area contributed by atoms with Crippen LogP contribution in [-0.4, -0.2) is 24.4 Å². The van der Waals surface area contributed by atoms with E-state index in [9.17, 15) is 14.4 Å². The van der Waals surface area contributed by atoms with Crippen molar-refractivity contribution in [1.29, 1.82) is 0 Å². The number of cyclic esters (lactones) is 2. The normalized spacial score (nSPS) is 15.1. The largest absolute Gasteiger partial charge is 0.386 e. The quantitative estimate of drug-likeness (QED) is 0.417. The van der Waals surface area contributed by atoms with Crippen molar-refractivity contribution >= 4 is 17.8 Å². The third kappa shape index (κ3) is 2.79. The molecule has 1 aliphatic rings. The first-order valence-electron chi connectivity index (χ1n) is 4.90. The van der Waals surface area contributed by atoms with Gasteiger partial charge in [-0.15, -0.1) is 6.58 Å². The van der Waals surface area contributed by atoms with Crippen LogP contribution < -0.4 is 5.32 Å². The van der Waals surface area contributed by atoms with Gasteiger partial charge in [0.05, 0.1) is 0 Å². The molecule has 16 heavy (non-hydrogen) atoms. The Morgan fingerprint density at radius 2 is 2.12 bits per heavy atom. The molecule has 1 rings (SSSR count). The van der Waals surface area contributed by atoms with Crippen molar-refractivity contribution in [2.75, 3.05) is 6.54 Å². The predicted octanol–water partition coefficient (Wildman–Crippen LogP) is 0.469. The van der Waals surface area contributed by atoms with Gasteiger partial charge in [-0.2, -0.15) is 0 Å². The summed E-state index contributed by atoms with van der Waals surface area (Å²) >= 11 is 0. The average Bonchev–Trinajstić information content (AvgIpc) is 2.48. The lowest BCUT2D eigenvalue weighted by atomic mass is 10.1. The molecule has 0 fully saturated rings. The summed E-state index contributed by atoms with van der Waals surface area (Å²) in [6.45, 7) is 5.37. The van der Waals surface area contributed by atoms with Crippen molar-refractivity contribution < 1.29 is 19.1 Å². The number of nitrogens with one attached hydrogen (secondary N) is 1. The zero-order valence-electron chi connectivity index (χ0n) is 9.04. The molecule has 0 spiro atoms. The molecular weight excluding hydrogens is 210 g/mol. The number of hydrogen-bond acceptors (Lipinski definition) is 4. The summed E-state index contributed by atoms with van der Waals surface area (Å²) in [4.78, 5) is 33.4. The molecule has 5 heteroatoms. The minimum atomic E-state index is -0.640. The Morgan fingerprint density at radius 3 is 2.62 bits per heavy atom. The summed E-state index contributed by atoms with van der Waals surface area (Å²) in [5, 5.41) is 2.58. The molecule has 0 aromatic rings. The van der Waals surface area contributed by atoms with Gasteiger partial charge in [0.15, 0.2) is 0 Å². The van der Waals surface area contributed by atoms with E-state index in [1.54, 1.807) is 6.08 Å². The lowest BCUT2D eigenvalue weighted by molar-refractivity contribution is -0.151. The average molecular weight is 223 g/mol. The van der Waals surface area contributed by atoms with Crippen LogP contribution >= 0.6 is 0 Å². The van der Waals surface area contributed by atoms with Crippen molar-refractivity contribution in [3.8, 4) is 0 Å². The topological polar surface area (TPSA) is 72.5 Å². The molecule has 5 nitrogen and oxygen atoms in total. The van der Waals surface area contributed by atoms with Crippen LogP contribution in [0.15, 0.2) is 23.8 Å². The molecule has 1 N–H and O–H groups in total. The van der Waals surface area contributed by atoms with Gasteiger partial charge in [0, 0.05) is 24.1 Å². The Hall–Kier alpha value is -1.91. The Morgan fingerprint density at radius 1 is 1.44 bits per heavy atom. The summed E-state index contributed by atoms with van der Waals surface area (Å²) in [6.07, 6.45) is 1.94. The molecule has 0 aliphatic carbocycles. The third-order valence-electron chi connectivity index (χ3n) is 2.24. The first-order valence-corrected chi connectivity index (χ1v) is 4.90. The van der Waals surface area contributed by atoms with Crippen molar-refractivity contribution in [3.05, 3.63) is 23.8 Å². The van der Waals surface area contributed by atoms with Crippen LogP contribution in [0.3, 0.4) is 0 Å². The number of esters is 2. The Labute approximate surface area is 93.2 Å². The van der Waals surface area contributed by atoms with E-state index in [4.69, 9.17) is 0 Å². The Bertz CT molecular complexity index is 381. The van der Waals surface area contributed by atoms with Crippen LogP contribution in [0.1, 0.15) is 19.8 Å². The van der Waals surface area contributed by atoms with Crippen LogP contribution in [0.5, 0.6) is 0 Å². The van der Waals surface area contributed by atoms with Crippen molar-refractivity contribution in [3.63, 3.8) is 0 Å². The molecule has 0 aromatic heterocycles. The van der Waals surface area contributed by atoms with Crippen LogP contribution in [0, 0.1) is 0 Å². The Kier molecular flexibility index (Phi) is 3.99. The molecule has 0 bridgehead atoms. The number of ether oxygens (including phenoxy) is 1. The molecule has 0 atom stereocenters. The van der Waals surface area contributed by atoms with Crippen LogP contribution in [0.2, 0.25) is 0 Å². The second kappa shape index (κ2) is 5.25. The Balaban J connectivity index is 2.49. The molecule has 0 unspecified atom stereocenters. The van der Waals surface area contributed by atoms with Gasteiger partial charge in [0.25, 0.3) is 0 Å². The van der Waals surface area contributed by atoms with Crippen LogP contribution in [0.4, 0.5) is 0 Å². The number of rotatable bonds is 5. The van der Waals surface area contributed by atoms with Crippen molar-refractivity contribution in [1.82, 2.24) is 5.32 Å². The highest BCUT2D eigenvalue weighted by atomic mass is 16.6. The summed E-state index contributed by atoms with van der Waals surface area (Å²) in [6, 6.07) is 0. The fourth-order valence-electron chi connectivity index (χ4n) is 1.30. The van der Waals surface area contributed by atoms with E-state index in [0.29, 0.717) is 17.7 Å². The van der Waals surface area contributed by atoms with Gasteiger partial charge in [-0.05, 0) is 13.3 Å². The first kappa shape index (κ1) is 12.2. The van der Waals surface area contributed by atoms with E-state index in [2.05, 4.69) is 16.6 Å². The maximum atomic E-state index is 11.2. The highest BCUT2D eigenvalue weighted by Gasteiger charge is 2.29. The van der Waals surface area contributed by atoms with E-state index in [0.717, 1.165) is 0 Å². The zero-order valence-corrected chi connectivity index (χ0v) is 9.04. The van der Waals surface area contributed by atoms with E-state index < -0.39 is 11.9 Å². The second-order valence-corrected chi connectivity index (χ2v) is 3.37. The highest BCUT2D eigenvalue weighted by Crippen LogP contribution is 2.20. The fourth-order valence-corrected chi connectivity index (χ4v) is 1.30. The summed E-state index contributed by atoms with van der Waals surface area (Å²) < 4.78 is 4.40. The molecule has 1 aliphatic heterocycles. The molecule has 0 saturated carbocycles. The van der Waals surface area contributed by atoms with E-state index in [1.165, 1.54) is 6.92 Å². The number of amides is 1. The molecule has 0 saturated heterocycles. The molecule has 0 aromatic carbocycles. The van der Waals surface area contributed by atoms with Gasteiger partial charge in [0.2, 0.25) is 5.91 Å². The highest BCUT2D eigenvalue weighted by molar-refractivity contribution is 6.12. The molecule has 0 radical (unpaired) electrons. The number of carbonyl (C=O) groups excluding carboxylic acids is 3. The second-order valence-electron chi connectivity index (χ2n) is 3.37. The number of hydrogen-bond donors (Lipinski definition) is 1. The predicted molar refractivity (Wildman–Crippen MR) is 56.2 cm³/mol. The number of carbonyl (C=O) groups is 3. The molecule has 1 heterocycles. The molecule has 86 valence electrons. The monoisotopic (exact) mass is 223 g/mol. The maximum absolute atomic E-state index is 11.2. The zero-order chi connectivity index (χ0) is 12.1. The van der Waals surface area contributed by atoms with Gasteiger partial charge in [-0.3, -0.25) is 4.79 Å². The third-order valence-corrected chi connectivity index (χ3v) is 2.24. The van der Waals surface area contributed by atoms with Gasteiger partial charge >= 0.3 is 11.9 Å². The van der Waals surface area contributed by atoms with Crippen LogP contribution in [-0.2, 0) is 19.1 Å². The summed E-state index contributed by atoms with van der Waals surface area (Å²) in [5.74, 6) is -1.45. The van der Waals surface area contributed by atoms with Gasteiger partial charge in [-0.25, -0.2) is 9.59 Å². The van der Waals surface area contributed by atoms with Gasteiger partial charge in [-0.1, -0.05) is 6.08 Å². The fraction of sp³-hybridized carbons (Fsp3) is 0.364. The van der Waals surface area contributed by atoms with Crippen LogP contribution in [0.25, 0.3) is 0 Å². The van der Waals surface area contributed by atoms with Gasteiger partial charge in [0.1, 0.15) is 0 Å². The maximum Gasteiger partial charge on any atom is 0.342 e. The van der Waals surface area contributed by atoms with Gasteiger partial charge < -0.3 is 10.1 Å². The smallest absolute Gasteiger partial charge is 0.342 e. The lowest BCUT2D eigenvalue weighted by Gasteiger charge is -2.01. The summed E-state index contributed by atoms with van der Waals surface area (Å²) in [7, 11) is 0. The minimum absolute atomic E-state index is 0.156. The SMILES string of the molecule is C=CCNC(=O)CCC1=C(C)C(=O)OC1=O. The van der Waals surface area contributed by atoms with E-state index in [-0.39, 0.29) is 18.7 Å². The van der Waals surface area contributed by atoms with E-state index in [1.807, 2.05) is 0 Å². The minimum Gasteiger partial charge on any atom is -0.386 e. The lowest BCUT2D eigenvalue weighted by Crippen LogP contribution is -2.23. The summed E-state index contributed by atoms with van der Waals surface area (Å²) in [5.41, 5.74) is 0.584.